The van der Waals surface area contributed by atoms with Gasteiger partial charge in [0.25, 0.3) is 0 Å². The van der Waals surface area contributed by atoms with Gasteiger partial charge in [-0.2, -0.15) is 5.26 Å². The number of unbranched alkanes of at least 4 members (excludes halogenated alkanes) is 13. The van der Waals surface area contributed by atoms with E-state index < -0.39 is 5.97 Å². The van der Waals surface area contributed by atoms with Crippen LogP contribution in [-0.2, 0) is 14.3 Å². The molecule has 0 aliphatic rings. The van der Waals surface area contributed by atoms with E-state index in [0.717, 1.165) is 24.8 Å². The Morgan fingerprint density at radius 3 is 1.87 bits per heavy atom. The number of furan rings is 1. The molecule has 0 amide bonds. The fourth-order valence-corrected chi connectivity index (χ4v) is 4.39. The molecule has 1 heterocycles. The molecule has 0 spiro atoms. The smallest absolute Gasteiger partial charge is 0.349 e. The van der Waals surface area contributed by atoms with Crippen molar-refractivity contribution >= 4 is 18.0 Å². The standard InChI is InChI=1S/C33H45NO5/c1-3-5-6-7-8-9-10-11-12-13-14-15-16-17-24-38-33(36)29(26-34)25-30-22-23-31(39-30)27-18-20-28(21-19-27)32(35)37-4-2/h18-23,25H,3-17,24H2,1-2H3/b29-25+. The Hall–Kier alpha value is -3.33. The fraction of sp³-hybridized carbons (Fsp3) is 0.545. The minimum absolute atomic E-state index is 0.0982. The van der Waals surface area contributed by atoms with E-state index in [1.54, 1.807) is 43.3 Å². The quantitative estimate of drug-likeness (QED) is 0.0727. The first-order valence-electron chi connectivity index (χ1n) is 14.7. The summed E-state index contributed by atoms with van der Waals surface area (Å²) < 4.78 is 16.1. The van der Waals surface area contributed by atoms with Crippen LogP contribution >= 0.6 is 0 Å². The summed E-state index contributed by atoms with van der Waals surface area (Å²) in [6.45, 7) is 4.65. The van der Waals surface area contributed by atoms with Gasteiger partial charge in [-0.25, -0.2) is 9.59 Å². The van der Waals surface area contributed by atoms with Crippen molar-refractivity contribution in [3.05, 3.63) is 53.3 Å². The lowest BCUT2D eigenvalue weighted by Crippen LogP contribution is -2.07. The number of nitriles is 1. The van der Waals surface area contributed by atoms with Gasteiger partial charge in [-0.1, -0.05) is 103 Å². The highest BCUT2D eigenvalue weighted by molar-refractivity contribution is 5.97. The van der Waals surface area contributed by atoms with Crippen LogP contribution in [0, 0.1) is 11.3 Å². The highest BCUT2D eigenvalue weighted by Crippen LogP contribution is 2.24. The van der Waals surface area contributed by atoms with Crippen molar-refractivity contribution in [3.8, 4) is 17.4 Å². The average molecular weight is 536 g/mol. The maximum Gasteiger partial charge on any atom is 0.349 e. The second kappa shape index (κ2) is 19.7. The van der Waals surface area contributed by atoms with Gasteiger partial charge >= 0.3 is 11.9 Å². The van der Waals surface area contributed by atoms with Crippen LogP contribution in [0.4, 0.5) is 0 Å². The van der Waals surface area contributed by atoms with Crippen LogP contribution in [0.5, 0.6) is 0 Å². The second-order valence-corrected chi connectivity index (χ2v) is 9.90. The van der Waals surface area contributed by atoms with Crippen LogP contribution in [0.1, 0.15) is 120 Å². The van der Waals surface area contributed by atoms with Crippen LogP contribution in [0.3, 0.4) is 0 Å². The molecule has 0 fully saturated rings. The van der Waals surface area contributed by atoms with Crippen molar-refractivity contribution in [2.75, 3.05) is 13.2 Å². The molecular weight excluding hydrogens is 490 g/mol. The number of nitrogens with zero attached hydrogens (tertiary/aromatic N) is 1. The summed E-state index contributed by atoms with van der Waals surface area (Å²) >= 11 is 0. The molecule has 0 aliphatic heterocycles. The molecule has 6 heteroatoms. The first-order chi connectivity index (χ1) is 19.1. The van der Waals surface area contributed by atoms with E-state index in [-0.39, 0.29) is 11.5 Å². The van der Waals surface area contributed by atoms with Gasteiger partial charge in [0, 0.05) is 11.6 Å². The number of esters is 2. The highest BCUT2D eigenvalue weighted by atomic mass is 16.5. The van der Waals surface area contributed by atoms with Crippen LogP contribution in [0.25, 0.3) is 17.4 Å². The Bertz CT molecular complexity index is 1040. The van der Waals surface area contributed by atoms with E-state index in [1.807, 2.05) is 6.07 Å². The molecule has 0 bridgehead atoms. The zero-order valence-corrected chi connectivity index (χ0v) is 23.8. The first kappa shape index (κ1) is 31.9. The van der Waals surface area contributed by atoms with E-state index in [0.29, 0.717) is 30.3 Å². The monoisotopic (exact) mass is 535 g/mol. The summed E-state index contributed by atoms with van der Waals surface area (Å²) in [5, 5.41) is 9.43. The first-order valence-corrected chi connectivity index (χ1v) is 14.7. The molecule has 0 N–H and O–H groups in total. The van der Waals surface area contributed by atoms with Crippen molar-refractivity contribution in [2.24, 2.45) is 0 Å². The number of rotatable bonds is 20. The molecule has 2 rings (SSSR count). The lowest BCUT2D eigenvalue weighted by molar-refractivity contribution is -0.138. The number of carbonyl (C=O) groups excluding carboxylic acids is 2. The fourth-order valence-electron chi connectivity index (χ4n) is 4.39. The van der Waals surface area contributed by atoms with Gasteiger partial charge in [0.1, 0.15) is 23.2 Å². The van der Waals surface area contributed by atoms with Crippen LogP contribution in [0.15, 0.2) is 46.4 Å². The third-order valence-corrected chi connectivity index (χ3v) is 6.67. The Labute approximate surface area is 234 Å². The molecule has 0 unspecified atom stereocenters. The Morgan fingerprint density at radius 2 is 1.33 bits per heavy atom. The third kappa shape index (κ3) is 12.8. The average Bonchev–Trinajstić information content (AvgIpc) is 3.42. The highest BCUT2D eigenvalue weighted by Gasteiger charge is 2.13. The molecule has 39 heavy (non-hydrogen) atoms. The molecule has 0 saturated carbocycles. The number of hydrogen-bond donors (Lipinski definition) is 0. The second-order valence-electron chi connectivity index (χ2n) is 9.90. The summed E-state index contributed by atoms with van der Waals surface area (Å²) in [6, 6.07) is 12.2. The van der Waals surface area contributed by atoms with Crippen LogP contribution < -0.4 is 0 Å². The van der Waals surface area contributed by atoms with Crippen LogP contribution in [0.2, 0.25) is 0 Å². The van der Waals surface area contributed by atoms with Crippen molar-refractivity contribution in [1.82, 2.24) is 0 Å². The predicted molar refractivity (Wildman–Crippen MR) is 155 cm³/mol. The van der Waals surface area contributed by atoms with Crippen molar-refractivity contribution in [3.63, 3.8) is 0 Å². The minimum atomic E-state index is -0.635. The normalized spacial score (nSPS) is 11.3. The molecule has 212 valence electrons. The number of ether oxygens (including phenoxy) is 2. The molecule has 1 aromatic carbocycles. The third-order valence-electron chi connectivity index (χ3n) is 6.67. The summed E-state index contributed by atoms with van der Waals surface area (Å²) in [5.74, 6) is -0.0727. The number of benzene rings is 1. The Kier molecular flexibility index (Phi) is 16.1. The van der Waals surface area contributed by atoms with Gasteiger partial charge in [-0.05, 0) is 37.6 Å². The van der Waals surface area contributed by atoms with Crippen molar-refractivity contribution in [2.45, 2.75) is 104 Å². The molecule has 1 aromatic heterocycles. The number of carbonyl (C=O) groups is 2. The summed E-state index contributed by atoms with van der Waals surface area (Å²) in [7, 11) is 0. The summed E-state index contributed by atoms with van der Waals surface area (Å²) in [6.07, 6.45) is 19.1. The zero-order valence-electron chi connectivity index (χ0n) is 23.8. The molecule has 0 radical (unpaired) electrons. The SMILES string of the molecule is CCCCCCCCCCCCCCCCOC(=O)/C(C#N)=C/c1ccc(-c2ccc(C(=O)OCC)cc2)o1. The van der Waals surface area contributed by atoms with E-state index in [2.05, 4.69) is 6.92 Å². The van der Waals surface area contributed by atoms with Crippen LogP contribution in [-0.4, -0.2) is 25.2 Å². The van der Waals surface area contributed by atoms with Gasteiger partial charge < -0.3 is 13.9 Å². The predicted octanol–water partition coefficient (Wildman–Crippen LogP) is 9.05. The lowest BCUT2D eigenvalue weighted by Gasteiger charge is -2.05. The van der Waals surface area contributed by atoms with E-state index in [9.17, 15) is 14.9 Å². The molecule has 0 aliphatic carbocycles. The summed E-state index contributed by atoms with van der Waals surface area (Å²) in [4.78, 5) is 24.2. The Morgan fingerprint density at radius 1 is 0.769 bits per heavy atom. The van der Waals surface area contributed by atoms with E-state index in [1.165, 1.54) is 76.7 Å². The molecule has 0 saturated heterocycles. The molecule has 6 nitrogen and oxygen atoms in total. The van der Waals surface area contributed by atoms with Gasteiger partial charge in [-0.3, -0.25) is 0 Å². The lowest BCUT2D eigenvalue weighted by atomic mass is 10.0. The molecular formula is C33H45NO5. The maximum atomic E-state index is 12.3. The number of hydrogen-bond acceptors (Lipinski definition) is 6. The zero-order chi connectivity index (χ0) is 28.1. The topological polar surface area (TPSA) is 89.5 Å². The van der Waals surface area contributed by atoms with E-state index >= 15 is 0 Å². The largest absolute Gasteiger partial charge is 0.462 e. The van der Waals surface area contributed by atoms with E-state index in [4.69, 9.17) is 13.9 Å². The van der Waals surface area contributed by atoms with Gasteiger partial charge in [0.2, 0.25) is 0 Å². The van der Waals surface area contributed by atoms with Gasteiger partial charge in [0.05, 0.1) is 18.8 Å². The Balaban J connectivity index is 1.63. The maximum absolute atomic E-state index is 12.3. The van der Waals surface area contributed by atoms with Gasteiger partial charge in [0.15, 0.2) is 0 Å². The summed E-state index contributed by atoms with van der Waals surface area (Å²) in [5.41, 5.74) is 1.13. The van der Waals surface area contributed by atoms with Crippen molar-refractivity contribution in [1.29, 1.82) is 5.26 Å². The molecule has 0 atom stereocenters. The molecule has 2 aromatic rings. The minimum Gasteiger partial charge on any atom is -0.462 e. The van der Waals surface area contributed by atoms with Crippen molar-refractivity contribution < 1.29 is 23.5 Å². The van der Waals surface area contributed by atoms with Gasteiger partial charge in [-0.15, -0.1) is 0 Å².